The number of imidazole rings is 1. The van der Waals surface area contributed by atoms with E-state index >= 15 is 0 Å². The van der Waals surface area contributed by atoms with Crippen LogP contribution in [-0.2, 0) is 16.1 Å². The number of carbonyl (C=O) groups is 1. The number of nitrogen functional groups attached to an aromatic ring is 1. The summed E-state index contributed by atoms with van der Waals surface area (Å²) in [6.07, 6.45) is 0. The Balaban J connectivity index is 1.89. The van der Waals surface area contributed by atoms with Gasteiger partial charge < -0.3 is 20.4 Å². The molecule has 178 valence electrons. The number of H-pyrrole nitrogens is 2. The SMILES string of the molecule is COCCN(C(=O)CSc1nc2cc(F)c(F)cc2[nH]1)c1c(N)n(CC(C)C)c(=O)[nH]c1=O. The summed E-state index contributed by atoms with van der Waals surface area (Å²) in [6, 6.07) is 1.93. The number of carbonyl (C=O) groups excluding carboxylic acids is 1. The Hall–Kier alpha value is -3.19. The van der Waals surface area contributed by atoms with Gasteiger partial charge in [0.1, 0.15) is 5.82 Å². The average Bonchev–Trinajstić information content (AvgIpc) is 3.13. The Kier molecular flexibility index (Phi) is 7.53. The number of hydrogen-bond acceptors (Lipinski definition) is 7. The molecule has 2 heterocycles. The molecule has 0 aliphatic carbocycles. The third-order valence-electron chi connectivity index (χ3n) is 4.69. The van der Waals surface area contributed by atoms with E-state index < -0.39 is 28.8 Å². The van der Waals surface area contributed by atoms with Crippen LogP contribution in [0.5, 0.6) is 0 Å². The molecule has 1 aromatic carbocycles. The number of anilines is 2. The number of nitrogens with one attached hydrogen (secondary N) is 2. The number of hydrogen-bond donors (Lipinski definition) is 3. The number of thioether (sulfide) groups is 1. The molecule has 3 rings (SSSR count). The van der Waals surface area contributed by atoms with Gasteiger partial charge in [-0.3, -0.25) is 19.1 Å². The molecule has 0 radical (unpaired) electrons. The van der Waals surface area contributed by atoms with Crippen LogP contribution in [0.15, 0.2) is 26.9 Å². The van der Waals surface area contributed by atoms with Crippen molar-refractivity contribution in [2.24, 2.45) is 5.92 Å². The van der Waals surface area contributed by atoms with E-state index in [1.54, 1.807) is 0 Å². The lowest BCUT2D eigenvalue weighted by Gasteiger charge is -2.24. The fourth-order valence-corrected chi connectivity index (χ4v) is 3.95. The van der Waals surface area contributed by atoms with Crippen LogP contribution in [0.2, 0.25) is 0 Å². The monoisotopic (exact) mass is 482 g/mol. The van der Waals surface area contributed by atoms with Crippen LogP contribution >= 0.6 is 11.8 Å². The van der Waals surface area contributed by atoms with E-state index in [1.165, 1.54) is 11.7 Å². The maximum atomic E-state index is 13.4. The lowest BCUT2D eigenvalue weighted by molar-refractivity contribution is -0.116. The topological polar surface area (TPSA) is 139 Å². The second kappa shape index (κ2) is 10.2. The number of ether oxygens (including phenoxy) is 1. The van der Waals surface area contributed by atoms with Gasteiger partial charge in [0.2, 0.25) is 5.91 Å². The number of aromatic nitrogens is 4. The van der Waals surface area contributed by atoms with Crippen molar-refractivity contribution in [2.45, 2.75) is 25.5 Å². The molecule has 4 N–H and O–H groups in total. The summed E-state index contributed by atoms with van der Waals surface area (Å²) >= 11 is 0.987. The van der Waals surface area contributed by atoms with Crippen LogP contribution in [0.25, 0.3) is 11.0 Å². The van der Waals surface area contributed by atoms with Gasteiger partial charge in [-0.05, 0) is 5.92 Å². The van der Waals surface area contributed by atoms with Crippen molar-refractivity contribution in [2.75, 3.05) is 36.6 Å². The van der Waals surface area contributed by atoms with E-state index in [1.807, 2.05) is 13.8 Å². The highest BCUT2D eigenvalue weighted by atomic mass is 32.2. The van der Waals surface area contributed by atoms with Crippen LogP contribution < -0.4 is 21.9 Å². The Bertz CT molecular complexity index is 1250. The fourth-order valence-electron chi connectivity index (χ4n) is 3.19. The van der Waals surface area contributed by atoms with Gasteiger partial charge in [-0.25, -0.2) is 18.6 Å². The Morgan fingerprint density at radius 2 is 1.97 bits per heavy atom. The van der Waals surface area contributed by atoms with Gasteiger partial charge >= 0.3 is 5.69 Å². The zero-order valence-electron chi connectivity index (χ0n) is 18.3. The normalized spacial score (nSPS) is 11.5. The minimum absolute atomic E-state index is 0.0135. The summed E-state index contributed by atoms with van der Waals surface area (Å²) in [5.41, 5.74) is 5.03. The maximum absolute atomic E-state index is 13.4. The minimum atomic E-state index is -1.03. The molecule has 0 unspecified atom stereocenters. The van der Waals surface area contributed by atoms with Gasteiger partial charge in [-0.1, -0.05) is 25.6 Å². The second-order valence-corrected chi connectivity index (χ2v) is 8.61. The summed E-state index contributed by atoms with van der Waals surface area (Å²) in [4.78, 5) is 48.2. The standard InChI is InChI=1S/C20H24F2N6O4S/c1-10(2)8-28-17(23)16(18(30)26-20(28)31)27(4-5-32-3)15(29)9-33-19-24-13-6-11(21)12(22)7-14(13)25-19/h6-7,10H,4-5,8-9,23H2,1-3H3,(H,24,25)(H,26,30,31). The first kappa shape index (κ1) is 24.5. The smallest absolute Gasteiger partial charge is 0.330 e. The molecule has 3 aromatic rings. The van der Waals surface area contributed by atoms with E-state index in [0.29, 0.717) is 0 Å². The van der Waals surface area contributed by atoms with Gasteiger partial charge in [0.05, 0.1) is 23.4 Å². The Labute approximate surface area is 191 Å². The predicted octanol–water partition coefficient (Wildman–Crippen LogP) is 1.70. The molecule has 0 saturated carbocycles. The van der Waals surface area contributed by atoms with Crippen molar-refractivity contribution in [3.8, 4) is 0 Å². The molecule has 10 nitrogen and oxygen atoms in total. The summed E-state index contributed by atoms with van der Waals surface area (Å²) in [5, 5.41) is 0.265. The summed E-state index contributed by atoms with van der Waals surface area (Å²) in [5.74, 6) is -2.78. The van der Waals surface area contributed by atoms with Crippen molar-refractivity contribution < 1.29 is 18.3 Å². The van der Waals surface area contributed by atoms with Crippen molar-refractivity contribution in [1.82, 2.24) is 19.5 Å². The number of nitrogens with zero attached hydrogens (tertiary/aromatic N) is 3. The molecule has 0 spiro atoms. The Morgan fingerprint density at radius 3 is 2.64 bits per heavy atom. The minimum Gasteiger partial charge on any atom is -0.383 e. The molecule has 2 aromatic heterocycles. The molecule has 0 atom stereocenters. The largest absolute Gasteiger partial charge is 0.383 e. The molecule has 0 fully saturated rings. The maximum Gasteiger partial charge on any atom is 0.330 e. The van der Waals surface area contributed by atoms with Gasteiger partial charge in [-0.15, -0.1) is 0 Å². The lowest BCUT2D eigenvalue weighted by atomic mass is 10.2. The first-order chi connectivity index (χ1) is 15.6. The quantitative estimate of drug-likeness (QED) is 0.395. The molecule has 13 heteroatoms. The third-order valence-corrected chi connectivity index (χ3v) is 5.54. The highest BCUT2D eigenvalue weighted by Crippen LogP contribution is 2.24. The highest BCUT2D eigenvalue weighted by Gasteiger charge is 2.25. The van der Waals surface area contributed by atoms with Crippen LogP contribution in [0.3, 0.4) is 0 Å². The van der Waals surface area contributed by atoms with Crippen molar-refractivity contribution >= 4 is 40.2 Å². The third kappa shape index (κ3) is 5.42. The number of nitrogens with two attached hydrogens (primary N) is 1. The number of aromatic amines is 2. The predicted molar refractivity (Wildman–Crippen MR) is 122 cm³/mol. The van der Waals surface area contributed by atoms with Crippen LogP contribution in [0, 0.1) is 17.6 Å². The first-order valence-corrected chi connectivity index (χ1v) is 11.0. The molecule has 0 aliphatic rings. The molecule has 0 aliphatic heterocycles. The number of benzene rings is 1. The van der Waals surface area contributed by atoms with Crippen molar-refractivity contribution in [3.63, 3.8) is 0 Å². The second-order valence-electron chi connectivity index (χ2n) is 7.65. The number of rotatable bonds is 9. The van der Waals surface area contributed by atoms with Crippen LogP contribution in [0.4, 0.5) is 20.3 Å². The number of fused-ring (bicyclic) bond motifs is 1. The zero-order chi connectivity index (χ0) is 24.3. The lowest BCUT2D eigenvalue weighted by Crippen LogP contribution is -2.43. The van der Waals surface area contributed by atoms with E-state index in [2.05, 4.69) is 15.0 Å². The van der Waals surface area contributed by atoms with E-state index in [9.17, 15) is 23.2 Å². The van der Waals surface area contributed by atoms with Gasteiger partial charge in [0.25, 0.3) is 5.56 Å². The Morgan fingerprint density at radius 1 is 1.27 bits per heavy atom. The number of methoxy groups -OCH3 is 1. The van der Waals surface area contributed by atoms with Crippen molar-refractivity contribution in [3.05, 3.63) is 44.6 Å². The van der Waals surface area contributed by atoms with E-state index in [0.717, 1.165) is 28.8 Å². The molecular formula is C20H24F2N6O4S. The average molecular weight is 483 g/mol. The molecular weight excluding hydrogens is 458 g/mol. The number of amides is 1. The summed E-state index contributed by atoms with van der Waals surface area (Å²) in [6.45, 7) is 4.14. The highest BCUT2D eigenvalue weighted by molar-refractivity contribution is 7.99. The summed E-state index contributed by atoms with van der Waals surface area (Å²) < 4.78 is 33.1. The fraction of sp³-hybridized carbons (Fsp3) is 0.400. The van der Waals surface area contributed by atoms with Crippen molar-refractivity contribution in [1.29, 1.82) is 0 Å². The van der Waals surface area contributed by atoms with Crippen LogP contribution in [0.1, 0.15) is 13.8 Å². The molecule has 0 bridgehead atoms. The van der Waals surface area contributed by atoms with Gasteiger partial charge in [0.15, 0.2) is 22.5 Å². The number of halogens is 2. The van der Waals surface area contributed by atoms with E-state index in [4.69, 9.17) is 10.5 Å². The molecule has 33 heavy (non-hydrogen) atoms. The van der Waals surface area contributed by atoms with E-state index in [-0.39, 0.29) is 59.1 Å². The zero-order valence-corrected chi connectivity index (χ0v) is 19.1. The summed E-state index contributed by atoms with van der Waals surface area (Å²) in [7, 11) is 1.44. The van der Waals surface area contributed by atoms with Crippen LogP contribution in [-0.4, -0.2) is 51.4 Å². The van der Waals surface area contributed by atoms with Gasteiger partial charge in [-0.2, -0.15) is 0 Å². The first-order valence-electron chi connectivity index (χ1n) is 10.0. The van der Waals surface area contributed by atoms with Gasteiger partial charge in [0, 0.05) is 32.3 Å². The molecule has 0 saturated heterocycles. The molecule has 1 amide bonds.